The zero-order chi connectivity index (χ0) is 33.5. The van der Waals surface area contributed by atoms with Crippen molar-refractivity contribution in [2.45, 2.75) is 0 Å². The molecule has 0 radical (unpaired) electrons. The molecule has 0 aliphatic heterocycles. The Morgan fingerprint density at radius 2 is 0.941 bits per heavy atom. The van der Waals surface area contributed by atoms with Gasteiger partial charge in [0.1, 0.15) is 22.3 Å². The lowest BCUT2D eigenvalue weighted by atomic mass is 9.96. The van der Waals surface area contributed by atoms with Crippen molar-refractivity contribution in [3.05, 3.63) is 152 Å². The predicted octanol–water partition coefficient (Wildman–Crippen LogP) is 12.7. The smallest absolute Gasteiger partial charge is 0.167 e. The average Bonchev–Trinajstić information content (AvgIpc) is 3.89. The summed E-state index contributed by atoms with van der Waals surface area (Å²) in [6, 6.07) is 52.0. The summed E-state index contributed by atoms with van der Waals surface area (Å²) in [5.74, 6) is 1.70. The zero-order valence-electron chi connectivity index (χ0n) is 27.0. The Kier molecular flexibility index (Phi) is 6.05. The number of hydrogen-bond acceptors (Lipinski definition) is 6. The number of nitrogens with zero attached hydrogens (tertiary/aromatic N) is 3. The summed E-state index contributed by atoms with van der Waals surface area (Å²) in [6.07, 6.45) is 0. The van der Waals surface area contributed by atoms with Crippen molar-refractivity contribution in [1.82, 2.24) is 15.0 Å². The first-order valence-electron chi connectivity index (χ1n) is 16.9. The van der Waals surface area contributed by atoms with Crippen LogP contribution in [0.15, 0.2) is 160 Å². The first kappa shape index (κ1) is 28.2. The maximum Gasteiger partial charge on any atom is 0.167 e. The topological polar surface area (TPSA) is 65.0 Å². The number of hydrogen-bond donors (Lipinski definition) is 0. The average molecular weight is 672 g/mol. The molecule has 0 unspecified atom stereocenters. The molecule has 7 aromatic carbocycles. The van der Waals surface area contributed by atoms with Gasteiger partial charge in [-0.25, -0.2) is 15.0 Å². The van der Waals surface area contributed by atoms with Gasteiger partial charge in [-0.05, 0) is 35.9 Å². The maximum atomic E-state index is 6.59. The lowest BCUT2D eigenvalue weighted by molar-refractivity contribution is 0.668. The zero-order valence-corrected chi connectivity index (χ0v) is 27.8. The third kappa shape index (κ3) is 4.30. The highest BCUT2D eigenvalue weighted by molar-refractivity contribution is 7.26. The summed E-state index contributed by atoms with van der Waals surface area (Å²) in [5.41, 5.74) is 8.05. The van der Waals surface area contributed by atoms with Gasteiger partial charge < -0.3 is 8.83 Å². The summed E-state index contributed by atoms with van der Waals surface area (Å²) in [5, 5.41) is 6.62. The van der Waals surface area contributed by atoms with Gasteiger partial charge in [-0.1, -0.05) is 121 Å². The molecule has 0 bridgehead atoms. The lowest BCUT2D eigenvalue weighted by Crippen LogP contribution is -2.00. The summed E-state index contributed by atoms with van der Waals surface area (Å²) in [7, 11) is 0. The monoisotopic (exact) mass is 671 g/mol. The third-order valence-corrected chi connectivity index (χ3v) is 11.0. The molecule has 0 saturated carbocycles. The molecule has 0 aliphatic rings. The van der Waals surface area contributed by atoms with Crippen LogP contribution in [0.4, 0.5) is 0 Å². The van der Waals surface area contributed by atoms with Crippen molar-refractivity contribution in [3.63, 3.8) is 0 Å². The standard InChI is InChI=1S/C45H25N3O2S/c1-2-12-26(13-3-1)43-46-44(48-45(47-43)34-21-8-17-30-27-14-4-6-22-35(27)50-41(30)34)33-20-11-24-37-40(33)39-29(16-10-23-36(39)49-37)32-19-9-18-31-28-15-5-7-25-38(28)51-42(31)32/h1-25H. The van der Waals surface area contributed by atoms with Gasteiger partial charge in [-0.3, -0.25) is 0 Å². The van der Waals surface area contributed by atoms with Crippen LogP contribution in [-0.4, -0.2) is 15.0 Å². The van der Waals surface area contributed by atoms with Crippen LogP contribution in [0.1, 0.15) is 0 Å². The van der Waals surface area contributed by atoms with Gasteiger partial charge >= 0.3 is 0 Å². The second-order valence-electron chi connectivity index (χ2n) is 12.7. The molecule has 0 saturated heterocycles. The van der Waals surface area contributed by atoms with Crippen molar-refractivity contribution in [2.75, 3.05) is 0 Å². The van der Waals surface area contributed by atoms with Crippen LogP contribution in [0.2, 0.25) is 0 Å². The summed E-state index contributed by atoms with van der Waals surface area (Å²) in [4.78, 5) is 15.4. The molecule has 0 aliphatic carbocycles. The molecule has 4 aromatic heterocycles. The Morgan fingerprint density at radius 3 is 1.78 bits per heavy atom. The first-order valence-corrected chi connectivity index (χ1v) is 17.7. The van der Waals surface area contributed by atoms with Gasteiger partial charge in [-0.15, -0.1) is 11.3 Å². The van der Waals surface area contributed by atoms with E-state index in [2.05, 4.69) is 72.8 Å². The summed E-state index contributed by atoms with van der Waals surface area (Å²) >= 11 is 1.83. The van der Waals surface area contributed by atoms with E-state index in [1.165, 1.54) is 25.7 Å². The quantitative estimate of drug-likeness (QED) is 0.186. The Balaban J connectivity index is 1.20. The fourth-order valence-electron chi connectivity index (χ4n) is 7.49. The lowest BCUT2D eigenvalue weighted by Gasteiger charge is -2.10. The molecule has 4 heterocycles. The molecule has 238 valence electrons. The van der Waals surface area contributed by atoms with Crippen LogP contribution in [0.25, 0.3) is 109 Å². The van der Waals surface area contributed by atoms with Crippen LogP contribution in [0.5, 0.6) is 0 Å². The highest BCUT2D eigenvalue weighted by atomic mass is 32.1. The van der Waals surface area contributed by atoms with Crippen molar-refractivity contribution in [2.24, 2.45) is 0 Å². The van der Waals surface area contributed by atoms with Gasteiger partial charge in [0, 0.05) is 58.4 Å². The van der Waals surface area contributed by atoms with Crippen LogP contribution < -0.4 is 0 Å². The van der Waals surface area contributed by atoms with Gasteiger partial charge in [0.2, 0.25) is 0 Å². The molecule has 11 aromatic rings. The second-order valence-corrected chi connectivity index (χ2v) is 13.7. The molecular weight excluding hydrogens is 647 g/mol. The number of aromatic nitrogens is 3. The minimum absolute atomic E-state index is 0.545. The highest BCUT2D eigenvalue weighted by Gasteiger charge is 2.22. The normalized spacial score (nSPS) is 11.9. The number of rotatable bonds is 4. The molecular formula is C45H25N3O2S. The van der Waals surface area contributed by atoms with Crippen LogP contribution in [0, 0.1) is 0 Å². The SMILES string of the molecule is c1ccc(-c2nc(-c3cccc4c3oc3ccccc34)nc(-c3cccc4oc5cccc(-c6cccc7c6sc6ccccc67)c5c34)n2)cc1. The van der Waals surface area contributed by atoms with Gasteiger partial charge in [-0.2, -0.15) is 0 Å². The Hall–Kier alpha value is -6.63. The molecule has 11 rings (SSSR count). The van der Waals surface area contributed by atoms with Crippen LogP contribution >= 0.6 is 11.3 Å². The van der Waals surface area contributed by atoms with Gasteiger partial charge in [0.25, 0.3) is 0 Å². The fraction of sp³-hybridized carbons (Fsp3) is 0. The van der Waals surface area contributed by atoms with Crippen LogP contribution in [-0.2, 0) is 0 Å². The summed E-state index contributed by atoms with van der Waals surface area (Å²) in [6.45, 7) is 0. The van der Waals surface area contributed by atoms with E-state index in [0.717, 1.165) is 66.1 Å². The molecule has 51 heavy (non-hydrogen) atoms. The fourth-order valence-corrected chi connectivity index (χ4v) is 8.72. The van der Waals surface area contributed by atoms with Gasteiger partial charge in [0.05, 0.1) is 5.56 Å². The molecule has 0 spiro atoms. The van der Waals surface area contributed by atoms with E-state index in [1.54, 1.807) is 0 Å². The minimum Gasteiger partial charge on any atom is -0.456 e. The number of furan rings is 2. The van der Waals surface area contributed by atoms with Crippen molar-refractivity contribution in [1.29, 1.82) is 0 Å². The van der Waals surface area contributed by atoms with E-state index in [0.29, 0.717) is 17.5 Å². The number of benzene rings is 7. The van der Waals surface area contributed by atoms with Crippen molar-refractivity contribution >= 4 is 75.4 Å². The van der Waals surface area contributed by atoms with E-state index in [4.69, 9.17) is 23.8 Å². The molecule has 5 nitrogen and oxygen atoms in total. The maximum absolute atomic E-state index is 6.59. The van der Waals surface area contributed by atoms with Crippen molar-refractivity contribution in [3.8, 4) is 45.3 Å². The van der Waals surface area contributed by atoms with Crippen LogP contribution in [0.3, 0.4) is 0 Å². The van der Waals surface area contributed by atoms with E-state index in [1.807, 2.05) is 90.2 Å². The second kappa shape index (κ2) is 10.9. The first-order chi connectivity index (χ1) is 25.3. The number of thiophene rings is 1. The Morgan fingerprint density at radius 1 is 0.373 bits per heavy atom. The minimum atomic E-state index is 0.545. The van der Waals surface area contributed by atoms with Crippen molar-refractivity contribution < 1.29 is 8.83 Å². The predicted molar refractivity (Wildman–Crippen MR) is 209 cm³/mol. The number of para-hydroxylation sites is 2. The molecule has 6 heteroatoms. The van der Waals surface area contributed by atoms with E-state index in [9.17, 15) is 0 Å². The molecule has 0 atom stereocenters. The molecule has 0 amide bonds. The third-order valence-electron chi connectivity index (χ3n) is 9.77. The van der Waals surface area contributed by atoms with E-state index < -0.39 is 0 Å². The molecule has 0 fully saturated rings. The largest absolute Gasteiger partial charge is 0.456 e. The Labute approximate surface area is 295 Å². The van der Waals surface area contributed by atoms with Gasteiger partial charge in [0.15, 0.2) is 17.5 Å². The molecule has 0 N–H and O–H groups in total. The highest BCUT2D eigenvalue weighted by Crippen LogP contribution is 2.46. The summed E-state index contributed by atoms with van der Waals surface area (Å²) < 4.78 is 15.6. The van der Waals surface area contributed by atoms with E-state index in [-0.39, 0.29) is 0 Å². The van der Waals surface area contributed by atoms with E-state index >= 15 is 0 Å². The Bertz CT molecular complexity index is 3160. The number of fused-ring (bicyclic) bond motifs is 9.